The van der Waals surface area contributed by atoms with Gasteiger partial charge in [-0.2, -0.15) is 0 Å². The minimum absolute atomic E-state index is 0.363. The zero-order valence-corrected chi connectivity index (χ0v) is 18.1. The maximum absolute atomic E-state index is 8.52. The Bertz CT molecular complexity index is 443. The highest BCUT2D eigenvalue weighted by Gasteiger charge is 2.32. The molecule has 2 aliphatic heterocycles. The maximum Gasteiger partial charge on any atom is 0.0311 e. The predicted octanol–water partition coefficient (Wildman–Crippen LogP) is 3.30. The SMILES string of the molecule is CC1(C)CCCC(C)(C)N1.CC1(C)CCCC(C)(C)N1.O=S(=O)([O-])[O-]. The number of piperidine rings is 2. The van der Waals surface area contributed by atoms with Crippen LogP contribution >= 0.6 is 0 Å². The molecule has 2 saturated heterocycles. The van der Waals surface area contributed by atoms with Gasteiger partial charge in [-0.3, -0.25) is 8.42 Å². The van der Waals surface area contributed by atoms with Crippen LogP contribution in [0, 0.1) is 0 Å². The number of rotatable bonds is 0. The van der Waals surface area contributed by atoms with Gasteiger partial charge in [0.05, 0.1) is 0 Å². The molecule has 25 heavy (non-hydrogen) atoms. The fourth-order valence-electron chi connectivity index (χ4n) is 4.03. The highest BCUT2D eigenvalue weighted by Crippen LogP contribution is 2.28. The molecular formula is C18H38N2O4S-2. The third kappa shape index (κ3) is 14.6. The van der Waals surface area contributed by atoms with Crippen LogP contribution in [-0.2, 0) is 10.4 Å². The Morgan fingerprint density at radius 3 is 0.840 bits per heavy atom. The molecule has 2 aliphatic rings. The van der Waals surface area contributed by atoms with Gasteiger partial charge in [0.15, 0.2) is 0 Å². The standard InChI is InChI=1S/2C9H19N.H2O4S/c2*1-8(2)6-5-7-9(3,4)10-8;1-5(2,3)4/h2*10H,5-7H2,1-4H3;(H2,1,2,3,4)/p-2. The summed E-state index contributed by atoms with van der Waals surface area (Å²) in [6, 6.07) is 0. The van der Waals surface area contributed by atoms with Crippen LogP contribution in [0.1, 0.15) is 93.9 Å². The summed E-state index contributed by atoms with van der Waals surface area (Å²) < 4.78 is 34.1. The summed E-state index contributed by atoms with van der Waals surface area (Å²) in [6.07, 6.45) is 8.00. The van der Waals surface area contributed by atoms with Crippen LogP contribution in [0.3, 0.4) is 0 Å². The highest BCUT2D eigenvalue weighted by molar-refractivity contribution is 7.79. The van der Waals surface area contributed by atoms with E-state index in [1.165, 1.54) is 38.5 Å². The Morgan fingerprint density at radius 2 is 0.760 bits per heavy atom. The first-order chi connectivity index (χ1) is 10.8. The number of hydrogen-bond acceptors (Lipinski definition) is 6. The van der Waals surface area contributed by atoms with Gasteiger partial charge in [-0.15, -0.1) is 0 Å². The molecule has 0 saturated carbocycles. The largest absolute Gasteiger partial charge is 0.759 e. The van der Waals surface area contributed by atoms with E-state index < -0.39 is 10.4 Å². The molecule has 0 unspecified atom stereocenters. The quantitative estimate of drug-likeness (QED) is 0.495. The van der Waals surface area contributed by atoms with Gasteiger partial charge < -0.3 is 19.7 Å². The van der Waals surface area contributed by atoms with E-state index in [-0.39, 0.29) is 0 Å². The maximum atomic E-state index is 8.52. The van der Waals surface area contributed by atoms with Gasteiger partial charge in [-0.25, -0.2) is 0 Å². The van der Waals surface area contributed by atoms with Crippen molar-refractivity contribution in [3.63, 3.8) is 0 Å². The molecule has 7 heteroatoms. The Hall–Kier alpha value is -0.210. The summed E-state index contributed by atoms with van der Waals surface area (Å²) in [5.74, 6) is 0. The fourth-order valence-corrected chi connectivity index (χ4v) is 4.03. The van der Waals surface area contributed by atoms with Crippen molar-refractivity contribution in [2.75, 3.05) is 0 Å². The third-order valence-corrected chi connectivity index (χ3v) is 4.56. The minimum atomic E-state index is -5.17. The summed E-state index contributed by atoms with van der Waals surface area (Å²) >= 11 is 0. The summed E-state index contributed by atoms with van der Waals surface area (Å²) in [7, 11) is -5.17. The second-order valence-electron chi connectivity index (χ2n) is 9.90. The van der Waals surface area contributed by atoms with Gasteiger partial charge >= 0.3 is 0 Å². The first-order valence-corrected chi connectivity index (χ1v) is 10.4. The van der Waals surface area contributed by atoms with E-state index >= 15 is 0 Å². The van der Waals surface area contributed by atoms with Crippen LogP contribution in [-0.4, -0.2) is 39.7 Å². The van der Waals surface area contributed by atoms with E-state index in [9.17, 15) is 0 Å². The van der Waals surface area contributed by atoms with Crippen molar-refractivity contribution < 1.29 is 17.5 Å². The van der Waals surface area contributed by atoms with E-state index in [1.807, 2.05) is 0 Å². The van der Waals surface area contributed by atoms with Crippen molar-refractivity contribution in [1.29, 1.82) is 0 Å². The molecule has 0 aliphatic carbocycles. The number of nitrogens with one attached hydrogen (secondary N) is 2. The van der Waals surface area contributed by atoms with Gasteiger partial charge in [-0.1, -0.05) is 0 Å². The van der Waals surface area contributed by atoms with Crippen LogP contribution in [0.25, 0.3) is 0 Å². The lowest BCUT2D eigenvalue weighted by Crippen LogP contribution is -2.55. The van der Waals surface area contributed by atoms with Crippen LogP contribution in [0.2, 0.25) is 0 Å². The normalized spacial score (nSPS) is 26.3. The van der Waals surface area contributed by atoms with Gasteiger partial charge in [-0.05, 0) is 93.9 Å². The van der Waals surface area contributed by atoms with Gasteiger partial charge in [0.2, 0.25) is 0 Å². The lowest BCUT2D eigenvalue weighted by molar-refractivity contribution is 0.182. The Labute approximate surface area is 155 Å². The topological polar surface area (TPSA) is 104 Å². The molecule has 2 rings (SSSR count). The molecule has 0 aromatic rings. The summed E-state index contributed by atoms with van der Waals surface area (Å²) in [4.78, 5) is 0. The highest BCUT2D eigenvalue weighted by atomic mass is 32.3. The van der Waals surface area contributed by atoms with Crippen LogP contribution in [0.4, 0.5) is 0 Å². The molecule has 0 bridgehead atoms. The molecule has 2 N–H and O–H groups in total. The Balaban J connectivity index is 0.000000368. The van der Waals surface area contributed by atoms with E-state index in [0.717, 1.165) is 0 Å². The lowest BCUT2D eigenvalue weighted by Gasteiger charge is -2.42. The first kappa shape index (κ1) is 24.8. The summed E-state index contributed by atoms with van der Waals surface area (Å²) in [6.45, 7) is 18.3. The molecular weight excluding hydrogens is 340 g/mol. The zero-order valence-electron chi connectivity index (χ0n) is 17.3. The molecule has 6 nitrogen and oxygen atoms in total. The predicted molar refractivity (Wildman–Crippen MR) is 101 cm³/mol. The molecule has 2 heterocycles. The van der Waals surface area contributed by atoms with E-state index in [4.69, 9.17) is 17.5 Å². The second kappa shape index (κ2) is 8.65. The molecule has 0 aromatic carbocycles. The minimum Gasteiger partial charge on any atom is -0.759 e. The van der Waals surface area contributed by atoms with Gasteiger partial charge in [0.1, 0.15) is 0 Å². The van der Waals surface area contributed by atoms with Crippen LogP contribution < -0.4 is 10.6 Å². The van der Waals surface area contributed by atoms with Crippen molar-refractivity contribution in [2.45, 2.75) is 116 Å². The molecule has 0 spiro atoms. The average molecular weight is 379 g/mol. The summed E-state index contributed by atoms with van der Waals surface area (Å²) in [5.41, 5.74) is 1.45. The summed E-state index contributed by atoms with van der Waals surface area (Å²) in [5, 5.41) is 7.26. The lowest BCUT2D eigenvalue weighted by atomic mass is 9.83. The molecule has 2 fully saturated rings. The van der Waals surface area contributed by atoms with Gasteiger partial charge in [0.25, 0.3) is 0 Å². The monoisotopic (exact) mass is 378 g/mol. The first-order valence-electron chi connectivity index (χ1n) is 9.08. The van der Waals surface area contributed by atoms with Gasteiger partial charge in [0, 0.05) is 32.6 Å². The molecule has 0 aromatic heterocycles. The second-order valence-corrected chi connectivity index (χ2v) is 10.7. The average Bonchev–Trinajstić information content (AvgIpc) is 2.19. The van der Waals surface area contributed by atoms with Crippen LogP contribution in [0.5, 0.6) is 0 Å². The van der Waals surface area contributed by atoms with E-state index in [0.29, 0.717) is 22.2 Å². The molecule has 0 amide bonds. The molecule has 0 radical (unpaired) electrons. The van der Waals surface area contributed by atoms with Crippen molar-refractivity contribution >= 4 is 10.4 Å². The van der Waals surface area contributed by atoms with Crippen LogP contribution in [0.15, 0.2) is 0 Å². The van der Waals surface area contributed by atoms with Crippen molar-refractivity contribution in [1.82, 2.24) is 10.6 Å². The van der Waals surface area contributed by atoms with E-state index in [1.54, 1.807) is 0 Å². The van der Waals surface area contributed by atoms with Crippen molar-refractivity contribution in [3.05, 3.63) is 0 Å². The Kier molecular flexibility index (Phi) is 8.58. The Morgan fingerprint density at radius 1 is 0.600 bits per heavy atom. The fraction of sp³-hybridized carbons (Fsp3) is 1.00. The zero-order chi connectivity index (χ0) is 20.2. The van der Waals surface area contributed by atoms with E-state index in [2.05, 4.69) is 66.0 Å². The number of hydrogen-bond donors (Lipinski definition) is 2. The van der Waals surface area contributed by atoms with Crippen molar-refractivity contribution in [2.24, 2.45) is 0 Å². The molecule has 0 atom stereocenters. The smallest absolute Gasteiger partial charge is 0.0311 e. The van der Waals surface area contributed by atoms with Crippen molar-refractivity contribution in [3.8, 4) is 0 Å². The third-order valence-electron chi connectivity index (χ3n) is 4.56. The molecule has 152 valence electrons.